The van der Waals surface area contributed by atoms with Crippen LogP contribution in [0, 0.1) is 0 Å². The number of likely N-dealkylation sites (N-methyl/N-ethyl adjacent to an activating group) is 1. The molecule has 12 heavy (non-hydrogen) atoms. The summed E-state index contributed by atoms with van der Waals surface area (Å²) in [6.07, 6.45) is -0.297. The van der Waals surface area contributed by atoms with Gasteiger partial charge >= 0.3 is 0 Å². The van der Waals surface area contributed by atoms with Gasteiger partial charge in [0.1, 0.15) is 0 Å². The van der Waals surface area contributed by atoms with Gasteiger partial charge in [-0.05, 0) is 27.8 Å². The van der Waals surface area contributed by atoms with Gasteiger partial charge in [-0.2, -0.15) is 0 Å². The summed E-state index contributed by atoms with van der Waals surface area (Å²) in [6, 6.07) is 0.523. The lowest BCUT2D eigenvalue weighted by atomic mass is 10.1. The summed E-state index contributed by atoms with van der Waals surface area (Å²) in [6.45, 7) is 6.60. The SMILES string of the molecule is COCC(C)N(C)C(C)C(C)O. The molecule has 0 radical (unpaired) electrons. The van der Waals surface area contributed by atoms with Crippen molar-refractivity contribution in [1.82, 2.24) is 4.90 Å². The number of rotatable bonds is 5. The van der Waals surface area contributed by atoms with E-state index in [0.717, 1.165) is 0 Å². The van der Waals surface area contributed by atoms with Crippen LogP contribution in [-0.4, -0.2) is 49.0 Å². The van der Waals surface area contributed by atoms with Crippen LogP contribution in [0.2, 0.25) is 0 Å². The number of aliphatic hydroxyl groups excluding tert-OH is 1. The highest BCUT2D eigenvalue weighted by Crippen LogP contribution is 2.06. The predicted molar refractivity (Wildman–Crippen MR) is 50.2 cm³/mol. The van der Waals surface area contributed by atoms with Crippen LogP contribution >= 0.6 is 0 Å². The van der Waals surface area contributed by atoms with Crippen LogP contribution in [0.3, 0.4) is 0 Å². The molecule has 0 amide bonds. The maximum absolute atomic E-state index is 9.33. The van der Waals surface area contributed by atoms with Gasteiger partial charge in [0, 0.05) is 19.2 Å². The lowest BCUT2D eigenvalue weighted by Crippen LogP contribution is -2.44. The van der Waals surface area contributed by atoms with Crippen LogP contribution in [0.5, 0.6) is 0 Å². The number of hydrogen-bond donors (Lipinski definition) is 1. The van der Waals surface area contributed by atoms with E-state index in [4.69, 9.17) is 4.74 Å². The van der Waals surface area contributed by atoms with Gasteiger partial charge < -0.3 is 9.84 Å². The monoisotopic (exact) mass is 175 g/mol. The minimum Gasteiger partial charge on any atom is -0.392 e. The Kier molecular flexibility index (Phi) is 5.46. The van der Waals surface area contributed by atoms with Gasteiger partial charge in [-0.1, -0.05) is 0 Å². The average Bonchev–Trinajstić information content (AvgIpc) is 2.02. The van der Waals surface area contributed by atoms with Gasteiger partial charge in [-0.15, -0.1) is 0 Å². The predicted octanol–water partition coefficient (Wildman–Crippen LogP) is 0.722. The molecule has 0 aliphatic carbocycles. The van der Waals surface area contributed by atoms with Crippen LogP contribution in [0.25, 0.3) is 0 Å². The minimum absolute atomic E-state index is 0.176. The highest BCUT2D eigenvalue weighted by atomic mass is 16.5. The summed E-state index contributed by atoms with van der Waals surface area (Å²) in [7, 11) is 3.69. The molecule has 0 bridgehead atoms. The van der Waals surface area contributed by atoms with Crippen molar-refractivity contribution in [2.45, 2.75) is 39.0 Å². The number of nitrogens with zero attached hydrogens (tertiary/aromatic N) is 1. The van der Waals surface area contributed by atoms with Gasteiger partial charge in [-0.25, -0.2) is 0 Å². The molecule has 3 heteroatoms. The Hall–Kier alpha value is -0.120. The zero-order chi connectivity index (χ0) is 9.72. The Bertz CT molecular complexity index is 117. The van der Waals surface area contributed by atoms with Crippen LogP contribution < -0.4 is 0 Å². The lowest BCUT2D eigenvalue weighted by molar-refractivity contribution is 0.0370. The molecule has 0 fully saturated rings. The van der Waals surface area contributed by atoms with Crippen LogP contribution in [-0.2, 0) is 4.74 Å². The first kappa shape index (κ1) is 11.9. The molecule has 0 heterocycles. The molecular formula is C9H21NO2. The van der Waals surface area contributed by atoms with Gasteiger partial charge in [0.15, 0.2) is 0 Å². The number of methoxy groups -OCH3 is 1. The fourth-order valence-corrected chi connectivity index (χ4v) is 1.10. The van der Waals surface area contributed by atoms with E-state index < -0.39 is 0 Å². The second kappa shape index (κ2) is 5.51. The normalized spacial score (nSPS) is 19.2. The largest absolute Gasteiger partial charge is 0.392 e. The zero-order valence-corrected chi connectivity index (χ0v) is 8.74. The lowest BCUT2D eigenvalue weighted by Gasteiger charge is -2.31. The molecule has 0 aromatic rings. The first-order valence-corrected chi connectivity index (χ1v) is 4.39. The second-order valence-electron chi connectivity index (χ2n) is 3.45. The summed E-state index contributed by atoms with van der Waals surface area (Å²) in [5.41, 5.74) is 0. The molecular weight excluding hydrogens is 154 g/mol. The Balaban J connectivity index is 3.90. The third-order valence-electron chi connectivity index (χ3n) is 2.44. The van der Waals surface area contributed by atoms with Gasteiger partial charge in [0.05, 0.1) is 12.7 Å². The minimum atomic E-state index is -0.297. The highest BCUT2D eigenvalue weighted by Gasteiger charge is 2.18. The third kappa shape index (κ3) is 3.52. The molecule has 0 aromatic heterocycles. The van der Waals surface area contributed by atoms with Crippen molar-refractivity contribution < 1.29 is 9.84 Å². The Morgan fingerprint density at radius 3 is 2.17 bits per heavy atom. The Morgan fingerprint density at radius 1 is 1.33 bits per heavy atom. The number of ether oxygens (including phenoxy) is 1. The molecule has 3 nitrogen and oxygen atoms in total. The summed E-state index contributed by atoms with van der Waals surface area (Å²) < 4.78 is 5.03. The smallest absolute Gasteiger partial charge is 0.0664 e. The quantitative estimate of drug-likeness (QED) is 0.668. The fraction of sp³-hybridized carbons (Fsp3) is 1.00. The van der Waals surface area contributed by atoms with E-state index in [1.807, 2.05) is 14.0 Å². The van der Waals surface area contributed by atoms with E-state index in [-0.39, 0.29) is 12.1 Å². The van der Waals surface area contributed by atoms with Gasteiger partial charge in [0.2, 0.25) is 0 Å². The zero-order valence-electron chi connectivity index (χ0n) is 8.74. The summed E-state index contributed by atoms with van der Waals surface area (Å²) >= 11 is 0. The summed E-state index contributed by atoms with van der Waals surface area (Å²) in [4.78, 5) is 2.12. The van der Waals surface area contributed by atoms with E-state index in [0.29, 0.717) is 12.6 Å². The van der Waals surface area contributed by atoms with Crippen molar-refractivity contribution in [3.8, 4) is 0 Å². The third-order valence-corrected chi connectivity index (χ3v) is 2.44. The molecule has 3 unspecified atom stereocenters. The molecule has 74 valence electrons. The van der Waals surface area contributed by atoms with E-state index in [2.05, 4.69) is 11.8 Å². The van der Waals surface area contributed by atoms with Crippen LogP contribution in [0.4, 0.5) is 0 Å². The molecule has 0 aliphatic heterocycles. The van der Waals surface area contributed by atoms with E-state index in [1.54, 1.807) is 14.0 Å². The standard InChI is InChI=1S/C9H21NO2/c1-7(6-12-5)10(4)8(2)9(3)11/h7-9,11H,6H2,1-5H3. The molecule has 1 N–H and O–H groups in total. The average molecular weight is 175 g/mol. The summed E-state index contributed by atoms with van der Waals surface area (Å²) in [5, 5.41) is 9.33. The van der Waals surface area contributed by atoms with E-state index in [1.165, 1.54) is 0 Å². The Labute approximate surface area is 75.3 Å². The van der Waals surface area contributed by atoms with Crippen molar-refractivity contribution in [1.29, 1.82) is 0 Å². The fourth-order valence-electron chi connectivity index (χ4n) is 1.10. The molecule has 0 saturated heterocycles. The van der Waals surface area contributed by atoms with Gasteiger partial charge in [0.25, 0.3) is 0 Å². The number of hydrogen-bond acceptors (Lipinski definition) is 3. The van der Waals surface area contributed by atoms with Crippen molar-refractivity contribution in [3.05, 3.63) is 0 Å². The van der Waals surface area contributed by atoms with E-state index in [9.17, 15) is 5.11 Å². The van der Waals surface area contributed by atoms with Crippen LogP contribution in [0.1, 0.15) is 20.8 Å². The van der Waals surface area contributed by atoms with Crippen molar-refractivity contribution in [2.75, 3.05) is 20.8 Å². The molecule has 0 spiro atoms. The Morgan fingerprint density at radius 2 is 1.83 bits per heavy atom. The highest BCUT2D eigenvalue weighted by molar-refractivity contribution is 4.73. The first-order chi connectivity index (χ1) is 5.50. The molecule has 0 aromatic carbocycles. The molecule has 3 atom stereocenters. The van der Waals surface area contributed by atoms with Crippen LogP contribution in [0.15, 0.2) is 0 Å². The molecule has 0 rings (SSSR count). The first-order valence-electron chi connectivity index (χ1n) is 4.39. The van der Waals surface area contributed by atoms with Gasteiger partial charge in [-0.3, -0.25) is 4.90 Å². The topological polar surface area (TPSA) is 32.7 Å². The molecule has 0 saturated carbocycles. The number of aliphatic hydroxyl groups is 1. The summed E-state index contributed by atoms with van der Waals surface area (Å²) in [5.74, 6) is 0. The van der Waals surface area contributed by atoms with Crippen molar-refractivity contribution in [3.63, 3.8) is 0 Å². The maximum atomic E-state index is 9.33. The van der Waals surface area contributed by atoms with Crippen molar-refractivity contribution >= 4 is 0 Å². The second-order valence-corrected chi connectivity index (χ2v) is 3.45. The molecule has 0 aliphatic rings. The maximum Gasteiger partial charge on any atom is 0.0664 e. The van der Waals surface area contributed by atoms with Crippen molar-refractivity contribution in [2.24, 2.45) is 0 Å². The van der Waals surface area contributed by atoms with E-state index >= 15 is 0 Å².